The van der Waals surface area contributed by atoms with Crippen LogP contribution in [0.3, 0.4) is 0 Å². The molecule has 2 aromatic heterocycles. The Bertz CT molecular complexity index is 1880. The smallest absolute Gasteiger partial charge is 0.271 e. The van der Waals surface area contributed by atoms with Crippen LogP contribution < -0.4 is 11.3 Å². The summed E-state index contributed by atoms with van der Waals surface area (Å²) >= 11 is 8.03. The van der Waals surface area contributed by atoms with Crippen LogP contribution in [-0.2, 0) is 32.3 Å². The fourth-order valence-corrected chi connectivity index (χ4v) is 7.78. The Balaban J connectivity index is 1.18. The number of hydrogen-bond acceptors (Lipinski definition) is 6. The van der Waals surface area contributed by atoms with Crippen molar-refractivity contribution in [3.8, 4) is 10.4 Å². The first-order chi connectivity index (χ1) is 20.4. The minimum absolute atomic E-state index is 0.0281. The number of halogens is 1. The van der Waals surface area contributed by atoms with E-state index in [9.17, 15) is 15.0 Å². The van der Waals surface area contributed by atoms with E-state index in [1.807, 2.05) is 36.4 Å². The van der Waals surface area contributed by atoms with Gasteiger partial charge in [0.25, 0.3) is 5.56 Å². The van der Waals surface area contributed by atoms with Gasteiger partial charge < -0.3 is 15.9 Å². The summed E-state index contributed by atoms with van der Waals surface area (Å²) in [7, 11) is 0. The number of nitrogens with two attached hydrogens (primary N) is 1. The molecule has 0 radical (unpaired) electrons. The summed E-state index contributed by atoms with van der Waals surface area (Å²) in [6.07, 6.45) is 6.01. The van der Waals surface area contributed by atoms with Crippen LogP contribution in [0, 0.1) is 0 Å². The largest absolute Gasteiger partial charge is 0.392 e. The van der Waals surface area contributed by atoms with Crippen LogP contribution in [0.4, 0.5) is 0 Å². The van der Waals surface area contributed by atoms with E-state index in [2.05, 4.69) is 29.2 Å². The second kappa shape index (κ2) is 11.1. The molecule has 0 bridgehead atoms. The molecule has 6 nitrogen and oxygen atoms in total. The van der Waals surface area contributed by atoms with Crippen LogP contribution >= 0.6 is 22.9 Å². The molecule has 7 rings (SSSR count). The third-order valence-electron chi connectivity index (χ3n) is 8.90. The van der Waals surface area contributed by atoms with Gasteiger partial charge in [-0.25, -0.2) is 4.98 Å². The number of fused-ring (bicyclic) bond motifs is 3. The normalized spacial score (nSPS) is 19.0. The summed E-state index contributed by atoms with van der Waals surface area (Å²) < 4.78 is 2.41. The van der Waals surface area contributed by atoms with Crippen LogP contribution in [0.2, 0.25) is 5.02 Å². The molecular formula is C34H32ClN3O3S. The predicted octanol–water partition coefficient (Wildman–Crippen LogP) is 5.90. The molecule has 214 valence electrons. The van der Waals surface area contributed by atoms with Crippen molar-refractivity contribution in [1.82, 2.24) is 9.55 Å². The quantitative estimate of drug-likeness (QED) is 0.234. The topological polar surface area (TPSA) is 101 Å². The van der Waals surface area contributed by atoms with Gasteiger partial charge in [-0.3, -0.25) is 9.36 Å². The van der Waals surface area contributed by atoms with E-state index in [0.717, 1.165) is 60.1 Å². The van der Waals surface area contributed by atoms with Crippen LogP contribution in [0.5, 0.6) is 0 Å². The Kier molecular flexibility index (Phi) is 7.24. The van der Waals surface area contributed by atoms with Gasteiger partial charge in [-0.1, -0.05) is 54.1 Å². The molecule has 2 aliphatic carbocycles. The molecule has 0 saturated carbocycles. The van der Waals surface area contributed by atoms with Gasteiger partial charge in [0, 0.05) is 27.5 Å². The molecule has 42 heavy (non-hydrogen) atoms. The number of hydrogen-bond donors (Lipinski definition) is 3. The van der Waals surface area contributed by atoms with Crippen LogP contribution in [0.15, 0.2) is 71.8 Å². The molecule has 0 fully saturated rings. The van der Waals surface area contributed by atoms with Crippen LogP contribution in [0.1, 0.15) is 63.9 Å². The lowest BCUT2D eigenvalue weighted by molar-refractivity contribution is 0.220. The Morgan fingerprint density at radius 1 is 0.976 bits per heavy atom. The van der Waals surface area contributed by atoms with Gasteiger partial charge in [-0.2, -0.15) is 0 Å². The molecule has 3 atom stereocenters. The molecule has 2 heterocycles. The fourth-order valence-electron chi connectivity index (χ4n) is 6.51. The number of thiophene rings is 1. The minimum Gasteiger partial charge on any atom is -0.392 e. The number of benzene rings is 3. The van der Waals surface area contributed by atoms with Crippen molar-refractivity contribution in [3.05, 3.63) is 121 Å². The molecule has 0 saturated heterocycles. The molecule has 3 unspecified atom stereocenters. The molecule has 5 aromatic rings. The van der Waals surface area contributed by atoms with Gasteiger partial charge >= 0.3 is 0 Å². The standard InChI is InChI=1S/C34H32ClN3O3S/c35-29-10-7-24(15-28(29)32(40)25-4-3-22-13-26(36)8-5-21(22)12-25)31-16-30-33(42-31)34(41)38(18-37-30)27-9-6-20-11-19(17-39)1-2-23(20)14-27/h1-4,7,10-12,15-16,18,26-27,32,39-40H,5-6,8-9,13-14,17,36H2. The van der Waals surface area contributed by atoms with Crippen molar-refractivity contribution < 1.29 is 10.2 Å². The van der Waals surface area contributed by atoms with Gasteiger partial charge in [0.2, 0.25) is 0 Å². The van der Waals surface area contributed by atoms with E-state index in [0.29, 0.717) is 20.8 Å². The Hall–Kier alpha value is -3.33. The van der Waals surface area contributed by atoms with Gasteiger partial charge in [0.1, 0.15) is 10.8 Å². The van der Waals surface area contributed by atoms with E-state index in [4.69, 9.17) is 17.3 Å². The molecule has 3 aromatic carbocycles. The van der Waals surface area contributed by atoms with Gasteiger partial charge in [0.05, 0.1) is 18.5 Å². The van der Waals surface area contributed by atoms with E-state index < -0.39 is 6.10 Å². The van der Waals surface area contributed by atoms with Crippen molar-refractivity contribution >= 4 is 33.2 Å². The third kappa shape index (κ3) is 4.99. The first kappa shape index (κ1) is 27.5. The van der Waals surface area contributed by atoms with Crippen LogP contribution in [0.25, 0.3) is 20.7 Å². The molecule has 0 aliphatic heterocycles. The van der Waals surface area contributed by atoms with E-state index in [-0.39, 0.29) is 24.2 Å². The van der Waals surface area contributed by atoms with Crippen LogP contribution in [-0.4, -0.2) is 25.8 Å². The molecule has 8 heteroatoms. The monoisotopic (exact) mass is 597 g/mol. The summed E-state index contributed by atoms with van der Waals surface area (Å²) in [6, 6.07) is 20.0. The number of aromatic nitrogens is 2. The number of rotatable bonds is 5. The molecule has 0 spiro atoms. The third-order valence-corrected chi connectivity index (χ3v) is 10.4. The van der Waals surface area contributed by atoms with Gasteiger partial charge in [-0.05, 0) is 95.7 Å². The summed E-state index contributed by atoms with van der Waals surface area (Å²) in [4.78, 5) is 19.2. The van der Waals surface area contributed by atoms with E-state index in [1.165, 1.54) is 33.6 Å². The maximum Gasteiger partial charge on any atom is 0.271 e. The average Bonchev–Trinajstić information content (AvgIpc) is 3.46. The lowest BCUT2D eigenvalue weighted by Gasteiger charge is -2.26. The lowest BCUT2D eigenvalue weighted by atomic mass is 9.86. The summed E-state index contributed by atoms with van der Waals surface area (Å²) in [5.74, 6) is 0. The van der Waals surface area contributed by atoms with E-state index >= 15 is 0 Å². The molecule has 0 amide bonds. The Labute approximate surface area is 253 Å². The van der Waals surface area contributed by atoms with Gasteiger partial charge in [0.15, 0.2) is 0 Å². The Morgan fingerprint density at radius 2 is 1.76 bits per heavy atom. The molecule has 4 N–H and O–H groups in total. The second-order valence-corrected chi connectivity index (χ2v) is 13.1. The zero-order chi connectivity index (χ0) is 29.0. The predicted molar refractivity (Wildman–Crippen MR) is 168 cm³/mol. The highest BCUT2D eigenvalue weighted by Crippen LogP contribution is 2.37. The average molecular weight is 598 g/mol. The first-order valence-corrected chi connectivity index (χ1v) is 15.6. The lowest BCUT2D eigenvalue weighted by Crippen LogP contribution is -2.28. The number of aliphatic hydroxyl groups excluding tert-OH is 2. The highest BCUT2D eigenvalue weighted by atomic mass is 35.5. The number of aliphatic hydroxyl groups is 2. The molecular weight excluding hydrogens is 566 g/mol. The van der Waals surface area contributed by atoms with Crippen molar-refractivity contribution in [3.63, 3.8) is 0 Å². The fraction of sp³-hybridized carbons (Fsp3) is 0.294. The second-order valence-electron chi connectivity index (χ2n) is 11.6. The minimum atomic E-state index is -0.870. The highest BCUT2D eigenvalue weighted by molar-refractivity contribution is 7.22. The first-order valence-electron chi connectivity index (χ1n) is 14.5. The van der Waals surface area contributed by atoms with Crippen molar-refractivity contribution in [2.24, 2.45) is 5.73 Å². The highest BCUT2D eigenvalue weighted by Gasteiger charge is 2.24. The SMILES string of the molecule is NC1CCc2cc(C(O)c3cc(-c4cc5ncn(C6CCc7cc(CO)ccc7C6)c(=O)c5s4)ccc3Cl)ccc2C1. The maximum atomic E-state index is 13.7. The molecule has 2 aliphatic rings. The van der Waals surface area contributed by atoms with Crippen molar-refractivity contribution in [2.45, 2.75) is 63.3 Å². The van der Waals surface area contributed by atoms with Gasteiger partial charge in [-0.15, -0.1) is 11.3 Å². The Morgan fingerprint density at radius 3 is 2.62 bits per heavy atom. The maximum absolute atomic E-state index is 13.7. The number of nitrogens with zero attached hydrogens (tertiary/aromatic N) is 2. The summed E-state index contributed by atoms with van der Waals surface area (Å²) in [5, 5.41) is 21.3. The van der Waals surface area contributed by atoms with Crippen molar-refractivity contribution in [1.29, 1.82) is 0 Å². The zero-order valence-electron chi connectivity index (χ0n) is 23.1. The summed E-state index contributed by atoms with van der Waals surface area (Å²) in [6.45, 7) is 0.0369. The van der Waals surface area contributed by atoms with E-state index in [1.54, 1.807) is 10.9 Å². The summed E-state index contributed by atoms with van der Waals surface area (Å²) in [5.41, 5.74) is 15.0. The zero-order valence-corrected chi connectivity index (χ0v) is 24.7. The number of aryl methyl sites for hydroxylation is 2. The van der Waals surface area contributed by atoms with Crippen molar-refractivity contribution in [2.75, 3.05) is 0 Å².